The van der Waals surface area contributed by atoms with E-state index in [4.69, 9.17) is 4.74 Å². The van der Waals surface area contributed by atoms with Crippen LogP contribution in [0, 0.1) is 5.92 Å². The number of hydrogen-bond donors (Lipinski definition) is 1. The highest BCUT2D eigenvalue weighted by molar-refractivity contribution is 5.97. The maximum Gasteiger partial charge on any atom is 0.408 e. The zero-order chi connectivity index (χ0) is 13.9. The highest BCUT2D eigenvalue weighted by atomic mass is 16.6. The minimum absolute atomic E-state index is 0.0275. The third-order valence-electron chi connectivity index (χ3n) is 2.54. The maximum atomic E-state index is 11.7. The summed E-state index contributed by atoms with van der Waals surface area (Å²) in [6.45, 7) is 10.8. The predicted octanol–water partition coefficient (Wildman–Crippen LogP) is 2.60. The molecule has 0 unspecified atom stereocenters. The number of ketones is 1. The molecule has 0 radical (unpaired) electrons. The van der Waals surface area contributed by atoms with Gasteiger partial charge in [0.15, 0.2) is 5.78 Å². The molecule has 2 atom stereocenters. The van der Waals surface area contributed by atoms with Gasteiger partial charge in [0.25, 0.3) is 0 Å². The van der Waals surface area contributed by atoms with E-state index in [-0.39, 0.29) is 17.7 Å². The molecule has 100 valence electrons. The van der Waals surface area contributed by atoms with E-state index in [0.29, 0.717) is 12.0 Å². The third-order valence-corrected chi connectivity index (χ3v) is 2.54. The van der Waals surface area contributed by atoms with Gasteiger partial charge in [0.05, 0.1) is 6.04 Å². The van der Waals surface area contributed by atoms with Crippen molar-refractivity contribution in [1.82, 2.24) is 5.32 Å². The van der Waals surface area contributed by atoms with Gasteiger partial charge in [-0.2, -0.15) is 0 Å². The molecule has 0 aromatic rings. The summed E-state index contributed by atoms with van der Waals surface area (Å²) < 4.78 is 5.16. The molecule has 18 heavy (non-hydrogen) atoms. The monoisotopic (exact) mass is 251 g/mol. The molecule has 4 heteroatoms. The Morgan fingerprint density at radius 2 is 1.94 bits per heavy atom. The summed E-state index contributed by atoms with van der Waals surface area (Å²) >= 11 is 0. The average molecular weight is 251 g/mol. The van der Waals surface area contributed by atoms with Crippen molar-refractivity contribution in [2.45, 2.75) is 45.8 Å². The van der Waals surface area contributed by atoms with Gasteiger partial charge in [0, 0.05) is 5.92 Å². The molecular formula is C14H21NO3. The highest BCUT2D eigenvalue weighted by Crippen LogP contribution is 2.21. The number of ether oxygens (including phenoxy) is 1. The summed E-state index contributed by atoms with van der Waals surface area (Å²) in [5.74, 6) is -0.151. The summed E-state index contributed by atoms with van der Waals surface area (Å²) in [4.78, 5) is 23.3. The van der Waals surface area contributed by atoms with Crippen LogP contribution >= 0.6 is 0 Å². The molecule has 0 aliphatic heterocycles. The molecule has 4 nitrogen and oxygen atoms in total. The Balaban J connectivity index is 2.45. The molecule has 0 spiro atoms. The summed E-state index contributed by atoms with van der Waals surface area (Å²) in [6, 6.07) is -0.145. The van der Waals surface area contributed by atoms with Gasteiger partial charge in [-0.25, -0.2) is 4.79 Å². The highest BCUT2D eigenvalue weighted by Gasteiger charge is 2.27. The Kier molecular flexibility index (Phi) is 4.33. The molecular weight excluding hydrogens is 230 g/mol. The lowest BCUT2D eigenvalue weighted by molar-refractivity contribution is -0.117. The van der Waals surface area contributed by atoms with Crippen molar-refractivity contribution < 1.29 is 14.3 Å². The lowest BCUT2D eigenvalue weighted by Gasteiger charge is -2.21. The van der Waals surface area contributed by atoms with E-state index in [1.54, 1.807) is 6.92 Å². The number of carbonyl (C=O) groups excluding carboxylic acids is 2. The Morgan fingerprint density at radius 1 is 1.33 bits per heavy atom. The molecule has 0 saturated heterocycles. The van der Waals surface area contributed by atoms with Crippen LogP contribution in [-0.4, -0.2) is 23.5 Å². The van der Waals surface area contributed by atoms with Crippen molar-refractivity contribution in [2.24, 2.45) is 5.92 Å². The van der Waals surface area contributed by atoms with Gasteiger partial charge in [0.1, 0.15) is 5.60 Å². The first-order valence-electron chi connectivity index (χ1n) is 6.06. The molecule has 0 fully saturated rings. The number of Topliss-reactive ketones (excluding diaryl/α,β-unsaturated/α-hetero) is 1. The lowest BCUT2D eigenvalue weighted by Crippen LogP contribution is -2.38. The van der Waals surface area contributed by atoms with Gasteiger partial charge in [0.2, 0.25) is 0 Å². The molecule has 0 aromatic heterocycles. The Labute approximate surface area is 108 Å². The second-order valence-electron chi connectivity index (χ2n) is 5.62. The van der Waals surface area contributed by atoms with Gasteiger partial charge in [-0.05, 0) is 39.7 Å². The van der Waals surface area contributed by atoms with Gasteiger partial charge < -0.3 is 10.1 Å². The van der Waals surface area contributed by atoms with Crippen LogP contribution in [0.25, 0.3) is 0 Å². The van der Waals surface area contributed by atoms with E-state index in [0.717, 1.165) is 0 Å². The van der Waals surface area contributed by atoms with Crippen molar-refractivity contribution >= 4 is 11.9 Å². The summed E-state index contributed by atoms with van der Waals surface area (Å²) in [5, 5.41) is 2.73. The number of alkyl carbamates (subject to hydrolysis) is 1. The molecule has 0 aromatic carbocycles. The summed E-state index contributed by atoms with van der Waals surface area (Å²) in [5.41, 5.74) is 0.0295. The second-order valence-corrected chi connectivity index (χ2v) is 5.62. The van der Waals surface area contributed by atoms with Crippen molar-refractivity contribution in [2.75, 3.05) is 0 Å². The van der Waals surface area contributed by atoms with Crippen LogP contribution in [0.2, 0.25) is 0 Å². The largest absolute Gasteiger partial charge is 0.444 e. The fourth-order valence-electron chi connectivity index (χ4n) is 1.78. The van der Waals surface area contributed by atoms with Crippen LogP contribution < -0.4 is 5.32 Å². The standard InChI is InChI=1S/C14H21NO3/c1-9(2)12(16)10-6-7-11(8-10)15-13(17)18-14(3,4)5/h6-7,10-11H,1,8H2,2-5H3,(H,15,17)/t10-,11+/m0/s1. The molecule has 1 aliphatic rings. The average Bonchev–Trinajstić information content (AvgIpc) is 2.61. The minimum atomic E-state index is -0.515. The second kappa shape index (κ2) is 5.38. The molecule has 0 saturated carbocycles. The number of nitrogens with one attached hydrogen (secondary N) is 1. The number of amides is 1. The molecule has 0 bridgehead atoms. The normalized spacial score (nSPS) is 22.7. The van der Waals surface area contributed by atoms with Crippen LogP contribution in [0.15, 0.2) is 24.3 Å². The zero-order valence-corrected chi connectivity index (χ0v) is 11.4. The first-order valence-corrected chi connectivity index (χ1v) is 6.06. The molecule has 1 aliphatic carbocycles. The first kappa shape index (κ1) is 14.5. The van der Waals surface area contributed by atoms with Gasteiger partial charge in [-0.3, -0.25) is 4.79 Å². The van der Waals surface area contributed by atoms with Crippen LogP contribution in [-0.2, 0) is 9.53 Å². The van der Waals surface area contributed by atoms with Gasteiger partial charge >= 0.3 is 6.09 Å². The topological polar surface area (TPSA) is 55.4 Å². The van der Waals surface area contributed by atoms with Gasteiger partial charge in [-0.15, -0.1) is 0 Å². The van der Waals surface area contributed by atoms with Crippen molar-refractivity contribution in [3.05, 3.63) is 24.3 Å². The third kappa shape index (κ3) is 4.35. The zero-order valence-electron chi connectivity index (χ0n) is 11.4. The smallest absolute Gasteiger partial charge is 0.408 e. The minimum Gasteiger partial charge on any atom is -0.444 e. The SMILES string of the molecule is C=C(C)C(=O)[C@H]1C=C[C@@H](NC(=O)OC(C)(C)C)C1. The van der Waals surface area contributed by atoms with E-state index in [9.17, 15) is 9.59 Å². The number of allylic oxidation sites excluding steroid dienone is 2. The molecule has 1 N–H and O–H groups in total. The van der Waals surface area contributed by atoms with Crippen molar-refractivity contribution in [1.29, 1.82) is 0 Å². The van der Waals surface area contributed by atoms with Crippen LogP contribution in [0.5, 0.6) is 0 Å². The first-order chi connectivity index (χ1) is 8.19. The van der Waals surface area contributed by atoms with E-state index in [1.807, 2.05) is 32.9 Å². The van der Waals surface area contributed by atoms with Crippen molar-refractivity contribution in [3.63, 3.8) is 0 Å². The van der Waals surface area contributed by atoms with Crippen LogP contribution in [0.1, 0.15) is 34.1 Å². The van der Waals surface area contributed by atoms with Crippen LogP contribution in [0.3, 0.4) is 0 Å². The van der Waals surface area contributed by atoms with E-state index in [2.05, 4.69) is 11.9 Å². The number of rotatable bonds is 3. The van der Waals surface area contributed by atoms with Crippen molar-refractivity contribution in [3.8, 4) is 0 Å². The van der Waals surface area contributed by atoms with E-state index < -0.39 is 11.7 Å². The summed E-state index contributed by atoms with van der Waals surface area (Å²) in [7, 11) is 0. The summed E-state index contributed by atoms with van der Waals surface area (Å²) in [6.07, 6.45) is 3.76. The fraction of sp³-hybridized carbons (Fsp3) is 0.571. The quantitative estimate of drug-likeness (QED) is 0.619. The predicted molar refractivity (Wildman–Crippen MR) is 70.2 cm³/mol. The Bertz CT molecular complexity index is 390. The lowest BCUT2D eigenvalue weighted by atomic mass is 9.98. The fourth-order valence-corrected chi connectivity index (χ4v) is 1.78. The van der Waals surface area contributed by atoms with E-state index in [1.165, 1.54) is 0 Å². The number of hydrogen-bond acceptors (Lipinski definition) is 3. The molecule has 1 rings (SSSR count). The Morgan fingerprint density at radius 3 is 2.44 bits per heavy atom. The number of carbonyl (C=O) groups is 2. The maximum absolute atomic E-state index is 11.7. The van der Waals surface area contributed by atoms with E-state index >= 15 is 0 Å². The van der Waals surface area contributed by atoms with Crippen LogP contribution in [0.4, 0.5) is 4.79 Å². The molecule has 0 heterocycles. The van der Waals surface area contributed by atoms with Gasteiger partial charge in [-0.1, -0.05) is 18.7 Å². The Hall–Kier alpha value is -1.58. The molecule has 1 amide bonds.